The van der Waals surface area contributed by atoms with E-state index >= 15 is 0 Å². The Morgan fingerprint density at radius 1 is 1.15 bits per heavy atom. The summed E-state index contributed by atoms with van der Waals surface area (Å²) in [5.41, 5.74) is 2.96. The molecule has 27 heavy (non-hydrogen) atoms. The Morgan fingerprint density at radius 2 is 1.96 bits per heavy atom. The third-order valence-corrected chi connectivity index (χ3v) is 5.31. The molecular formula is C20H19N3O2S2. The molecule has 3 rings (SSSR count). The molecule has 0 unspecified atom stereocenters. The van der Waals surface area contributed by atoms with E-state index in [1.807, 2.05) is 47.2 Å². The molecule has 1 aromatic carbocycles. The fourth-order valence-electron chi connectivity index (χ4n) is 2.38. The minimum atomic E-state index is -0.197. The number of hydrogen-bond donors (Lipinski definition) is 2. The molecule has 138 valence electrons. The second-order valence-corrected chi connectivity index (χ2v) is 7.64. The van der Waals surface area contributed by atoms with E-state index < -0.39 is 0 Å². The smallest absolute Gasteiger partial charge is 0.250 e. The highest BCUT2D eigenvalue weighted by Gasteiger charge is 2.07. The summed E-state index contributed by atoms with van der Waals surface area (Å²) in [7, 11) is 0. The number of hydrogen-bond acceptors (Lipinski definition) is 5. The van der Waals surface area contributed by atoms with Crippen LogP contribution in [0.3, 0.4) is 0 Å². The van der Waals surface area contributed by atoms with Gasteiger partial charge in [0, 0.05) is 35.4 Å². The van der Waals surface area contributed by atoms with Crippen molar-refractivity contribution in [2.45, 2.75) is 13.3 Å². The molecule has 5 nitrogen and oxygen atoms in total. The average Bonchev–Trinajstić information content (AvgIpc) is 3.32. The molecule has 0 bridgehead atoms. The maximum Gasteiger partial charge on any atom is 0.250 e. The number of benzene rings is 1. The van der Waals surface area contributed by atoms with Crippen molar-refractivity contribution in [3.8, 4) is 11.3 Å². The van der Waals surface area contributed by atoms with E-state index in [9.17, 15) is 9.59 Å². The predicted octanol–water partition coefficient (Wildman–Crippen LogP) is 4.20. The first-order chi connectivity index (χ1) is 13.1. The Kier molecular flexibility index (Phi) is 6.51. The van der Waals surface area contributed by atoms with Crippen LogP contribution in [0.1, 0.15) is 17.4 Å². The number of aromatic nitrogens is 1. The number of carbonyl (C=O) groups is 2. The van der Waals surface area contributed by atoms with Crippen LogP contribution in [0.2, 0.25) is 0 Å². The zero-order chi connectivity index (χ0) is 19.1. The van der Waals surface area contributed by atoms with Crippen molar-refractivity contribution in [2.24, 2.45) is 0 Å². The second-order valence-electron chi connectivity index (χ2n) is 5.81. The number of amides is 2. The lowest BCUT2D eigenvalue weighted by molar-refractivity contribution is -0.119. The van der Waals surface area contributed by atoms with Crippen LogP contribution in [-0.4, -0.2) is 23.3 Å². The summed E-state index contributed by atoms with van der Waals surface area (Å²) in [6.07, 6.45) is 4.08. The number of rotatable bonds is 7. The number of thiazole rings is 1. The Balaban J connectivity index is 1.56. The quantitative estimate of drug-likeness (QED) is 0.587. The van der Waals surface area contributed by atoms with Crippen LogP contribution in [0.5, 0.6) is 0 Å². The standard InChI is InChI=1S/C20H19N3O2S2/c1-14(24)21-11-10-15-4-6-16(7-5-15)18-13-27-20(22-18)23-19(25)9-8-17-3-2-12-26-17/h2-9,12-13H,10-11H2,1H3,(H,21,24)(H,22,23,25)/b9-8+. The summed E-state index contributed by atoms with van der Waals surface area (Å²) in [5, 5.41) is 10.0. The van der Waals surface area contributed by atoms with Crippen molar-refractivity contribution in [3.05, 3.63) is 63.7 Å². The Morgan fingerprint density at radius 3 is 2.67 bits per heavy atom. The molecule has 0 aliphatic carbocycles. The minimum Gasteiger partial charge on any atom is -0.356 e. The van der Waals surface area contributed by atoms with Gasteiger partial charge < -0.3 is 5.32 Å². The lowest BCUT2D eigenvalue weighted by atomic mass is 10.1. The van der Waals surface area contributed by atoms with Crippen molar-refractivity contribution in [2.75, 3.05) is 11.9 Å². The number of nitrogens with zero attached hydrogens (tertiary/aromatic N) is 1. The van der Waals surface area contributed by atoms with Crippen molar-refractivity contribution >= 4 is 45.7 Å². The van der Waals surface area contributed by atoms with Gasteiger partial charge in [-0.1, -0.05) is 30.3 Å². The van der Waals surface area contributed by atoms with Gasteiger partial charge in [-0.15, -0.1) is 22.7 Å². The van der Waals surface area contributed by atoms with E-state index in [4.69, 9.17) is 0 Å². The van der Waals surface area contributed by atoms with E-state index in [-0.39, 0.29) is 11.8 Å². The molecule has 0 radical (unpaired) electrons. The lowest BCUT2D eigenvalue weighted by Crippen LogP contribution is -2.22. The summed E-state index contributed by atoms with van der Waals surface area (Å²) < 4.78 is 0. The van der Waals surface area contributed by atoms with E-state index in [1.165, 1.54) is 24.3 Å². The number of anilines is 1. The largest absolute Gasteiger partial charge is 0.356 e. The highest BCUT2D eigenvalue weighted by molar-refractivity contribution is 7.14. The van der Waals surface area contributed by atoms with Crippen molar-refractivity contribution in [3.63, 3.8) is 0 Å². The molecule has 2 N–H and O–H groups in total. The second kappa shape index (κ2) is 9.25. The summed E-state index contributed by atoms with van der Waals surface area (Å²) in [5.74, 6) is -0.216. The summed E-state index contributed by atoms with van der Waals surface area (Å²) >= 11 is 2.97. The van der Waals surface area contributed by atoms with Gasteiger partial charge >= 0.3 is 0 Å². The van der Waals surface area contributed by atoms with Gasteiger partial charge in [-0.05, 0) is 29.5 Å². The van der Waals surface area contributed by atoms with E-state index in [0.29, 0.717) is 11.7 Å². The molecule has 0 saturated carbocycles. The van der Waals surface area contributed by atoms with Crippen LogP contribution in [-0.2, 0) is 16.0 Å². The van der Waals surface area contributed by atoms with Gasteiger partial charge in [-0.25, -0.2) is 4.98 Å². The molecule has 2 aromatic heterocycles. The highest BCUT2D eigenvalue weighted by atomic mass is 32.1. The maximum absolute atomic E-state index is 12.0. The zero-order valence-corrected chi connectivity index (χ0v) is 16.4. The summed E-state index contributed by atoms with van der Waals surface area (Å²) in [4.78, 5) is 28.4. The molecule has 0 saturated heterocycles. The van der Waals surface area contributed by atoms with Gasteiger partial charge in [0.15, 0.2) is 5.13 Å². The lowest BCUT2D eigenvalue weighted by Gasteiger charge is -2.03. The van der Waals surface area contributed by atoms with Crippen LogP contribution in [0, 0.1) is 0 Å². The van der Waals surface area contributed by atoms with Gasteiger partial charge in [-0.2, -0.15) is 0 Å². The molecule has 0 aliphatic rings. The van der Waals surface area contributed by atoms with Crippen molar-refractivity contribution in [1.82, 2.24) is 10.3 Å². The normalized spacial score (nSPS) is 10.9. The van der Waals surface area contributed by atoms with Gasteiger partial charge in [0.1, 0.15) is 0 Å². The summed E-state index contributed by atoms with van der Waals surface area (Å²) in [6, 6.07) is 12.0. The SMILES string of the molecule is CC(=O)NCCc1ccc(-c2csc(NC(=O)/C=C/c3cccs3)n2)cc1. The molecule has 0 spiro atoms. The molecule has 2 amide bonds. The monoisotopic (exact) mass is 397 g/mol. The third kappa shape index (κ3) is 5.87. The third-order valence-electron chi connectivity index (χ3n) is 3.71. The topological polar surface area (TPSA) is 71.1 Å². The first kappa shape index (κ1) is 19.0. The van der Waals surface area contributed by atoms with Crippen molar-refractivity contribution < 1.29 is 9.59 Å². The average molecular weight is 398 g/mol. The molecule has 0 aliphatic heterocycles. The molecule has 0 fully saturated rings. The first-order valence-electron chi connectivity index (χ1n) is 8.42. The van der Waals surface area contributed by atoms with E-state index in [1.54, 1.807) is 17.4 Å². The Labute approximate surface area is 165 Å². The molecule has 0 atom stereocenters. The van der Waals surface area contributed by atoms with E-state index in [2.05, 4.69) is 15.6 Å². The highest BCUT2D eigenvalue weighted by Crippen LogP contribution is 2.25. The Bertz CT molecular complexity index is 929. The van der Waals surface area contributed by atoms with Crippen LogP contribution in [0.4, 0.5) is 5.13 Å². The summed E-state index contributed by atoms with van der Waals surface area (Å²) in [6.45, 7) is 2.14. The first-order valence-corrected chi connectivity index (χ1v) is 10.2. The zero-order valence-electron chi connectivity index (χ0n) is 14.8. The Hall–Kier alpha value is -2.77. The van der Waals surface area contributed by atoms with Gasteiger partial charge in [0.05, 0.1) is 5.69 Å². The van der Waals surface area contributed by atoms with Gasteiger partial charge in [0.25, 0.3) is 0 Å². The van der Waals surface area contributed by atoms with Crippen LogP contribution < -0.4 is 10.6 Å². The fraction of sp³-hybridized carbons (Fsp3) is 0.150. The molecule has 3 aromatic rings. The van der Waals surface area contributed by atoms with E-state index in [0.717, 1.165) is 28.1 Å². The van der Waals surface area contributed by atoms with Gasteiger partial charge in [0.2, 0.25) is 11.8 Å². The predicted molar refractivity (Wildman–Crippen MR) is 112 cm³/mol. The number of carbonyl (C=O) groups excluding carboxylic acids is 2. The molecule has 7 heteroatoms. The van der Waals surface area contributed by atoms with Crippen LogP contribution >= 0.6 is 22.7 Å². The fourth-order valence-corrected chi connectivity index (χ4v) is 3.72. The number of thiophene rings is 1. The molecule has 2 heterocycles. The molecular weight excluding hydrogens is 378 g/mol. The van der Waals surface area contributed by atoms with Crippen molar-refractivity contribution in [1.29, 1.82) is 0 Å². The van der Waals surface area contributed by atoms with Crippen LogP contribution in [0.15, 0.2) is 53.2 Å². The maximum atomic E-state index is 12.0. The number of nitrogens with one attached hydrogen (secondary N) is 2. The van der Waals surface area contributed by atoms with Crippen LogP contribution in [0.25, 0.3) is 17.3 Å². The van der Waals surface area contributed by atoms with Gasteiger partial charge in [-0.3, -0.25) is 14.9 Å². The minimum absolute atomic E-state index is 0.0195.